The molecule has 0 N–H and O–H groups in total. The van der Waals surface area contributed by atoms with E-state index in [1.807, 2.05) is 24.1 Å². The summed E-state index contributed by atoms with van der Waals surface area (Å²) in [5, 5.41) is 0. The van der Waals surface area contributed by atoms with Gasteiger partial charge in [0.25, 0.3) is 0 Å². The maximum atomic E-state index is 12.1. The van der Waals surface area contributed by atoms with Crippen molar-refractivity contribution in [3.8, 4) is 0 Å². The monoisotopic (exact) mass is 264 g/mol. The molecule has 0 spiro atoms. The summed E-state index contributed by atoms with van der Waals surface area (Å²) in [5.74, 6) is 1.08. The molecule has 1 aromatic rings. The molecule has 1 saturated carbocycles. The largest absolute Gasteiger partial charge is 0.345 e. The van der Waals surface area contributed by atoms with E-state index in [2.05, 4.69) is 17.6 Å². The molecule has 18 heavy (non-hydrogen) atoms. The zero-order valence-electron chi connectivity index (χ0n) is 10.8. The predicted molar refractivity (Wildman–Crippen MR) is 75.7 cm³/mol. The van der Waals surface area contributed by atoms with Crippen LogP contribution in [0, 0.1) is 5.41 Å². The third-order valence-corrected chi connectivity index (χ3v) is 4.40. The van der Waals surface area contributed by atoms with E-state index in [1.54, 1.807) is 12.4 Å². The van der Waals surface area contributed by atoms with Crippen LogP contribution in [0.1, 0.15) is 24.8 Å². The van der Waals surface area contributed by atoms with Gasteiger partial charge in [-0.15, -0.1) is 0 Å². The van der Waals surface area contributed by atoms with Crippen molar-refractivity contribution in [3.05, 3.63) is 30.1 Å². The average molecular weight is 264 g/mol. The van der Waals surface area contributed by atoms with Gasteiger partial charge in [-0.1, -0.05) is 0 Å². The molecule has 3 nitrogen and oxygen atoms in total. The summed E-state index contributed by atoms with van der Waals surface area (Å²) in [6.45, 7) is 0.769. The number of rotatable bonds is 6. The minimum atomic E-state index is 0.213. The van der Waals surface area contributed by atoms with Gasteiger partial charge in [-0.05, 0) is 48.1 Å². The second-order valence-corrected chi connectivity index (χ2v) is 5.57. The van der Waals surface area contributed by atoms with Crippen LogP contribution in [0.4, 0.5) is 0 Å². The van der Waals surface area contributed by atoms with Gasteiger partial charge in [0.1, 0.15) is 0 Å². The predicted octanol–water partition coefficient (Wildman–Crippen LogP) is 2.18. The molecule has 0 aromatic carbocycles. The van der Waals surface area contributed by atoms with Crippen LogP contribution in [-0.2, 0) is 11.2 Å². The van der Waals surface area contributed by atoms with Crippen molar-refractivity contribution in [1.82, 2.24) is 9.88 Å². The number of carbonyl (C=O) groups excluding carboxylic acids is 1. The van der Waals surface area contributed by atoms with Gasteiger partial charge in [0, 0.05) is 32.4 Å². The van der Waals surface area contributed by atoms with Gasteiger partial charge in [0.15, 0.2) is 0 Å². The van der Waals surface area contributed by atoms with Crippen LogP contribution in [0.2, 0.25) is 0 Å². The Labute approximate surface area is 114 Å². The summed E-state index contributed by atoms with van der Waals surface area (Å²) in [6, 6.07) is 3.99. The van der Waals surface area contributed by atoms with Crippen molar-refractivity contribution in [2.75, 3.05) is 19.3 Å². The molecule has 0 radical (unpaired) electrons. The Morgan fingerprint density at radius 1 is 1.44 bits per heavy atom. The first-order chi connectivity index (χ1) is 8.65. The molecule has 0 atom stereocenters. The molecule has 1 aliphatic carbocycles. The zero-order chi connectivity index (χ0) is 13.0. The first kappa shape index (κ1) is 13.4. The van der Waals surface area contributed by atoms with Crippen molar-refractivity contribution >= 4 is 18.5 Å². The van der Waals surface area contributed by atoms with Crippen LogP contribution in [0.25, 0.3) is 0 Å². The lowest BCUT2D eigenvalue weighted by Crippen LogP contribution is -2.31. The van der Waals surface area contributed by atoms with Gasteiger partial charge < -0.3 is 4.90 Å². The number of amides is 1. The summed E-state index contributed by atoms with van der Waals surface area (Å²) in [5.41, 5.74) is 1.44. The highest BCUT2D eigenvalue weighted by Crippen LogP contribution is 2.49. The summed E-state index contributed by atoms with van der Waals surface area (Å²) < 4.78 is 0. The standard InChI is InChI=1S/C14H20N2OS/c1-16(9-4-12-2-7-15-8-3-12)13(17)10-14(11-18)5-6-14/h2-3,7-8,18H,4-6,9-11H2,1H3. The summed E-state index contributed by atoms with van der Waals surface area (Å²) in [6.07, 6.45) is 7.43. The minimum absolute atomic E-state index is 0.213. The number of nitrogens with zero attached hydrogens (tertiary/aromatic N) is 2. The van der Waals surface area contributed by atoms with Crippen molar-refractivity contribution in [2.24, 2.45) is 5.41 Å². The average Bonchev–Trinajstić information content (AvgIpc) is 3.17. The number of carbonyl (C=O) groups is 1. The summed E-state index contributed by atoms with van der Waals surface area (Å²) >= 11 is 4.34. The Morgan fingerprint density at radius 3 is 2.67 bits per heavy atom. The van der Waals surface area contributed by atoms with Crippen LogP contribution in [0.3, 0.4) is 0 Å². The van der Waals surface area contributed by atoms with Gasteiger partial charge in [-0.25, -0.2) is 0 Å². The fourth-order valence-electron chi connectivity index (χ4n) is 1.99. The number of aromatic nitrogens is 1. The molecular weight excluding hydrogens is 244 g/mol. The van der Waals surface area contributed by atoms with E-state index in [4.69, 9.17) is 0 Å². The number of hydrogen-bond acceptors (Lipinski definition) is 3. The maximum Gasteiger partial charge on any atom is 0.222 e. The fraction of sp³-hybridized carbons (Fsp3) is 0.571. The molecule has 0 aliphatic heterocycles. The van der Waals surface area contributed by atoms with Crippen LogP contribution in [-0.4, -0.2) is 35.1 Å². The smallest absolute Gasteiger partial charge is 0.222 e. The minimum Gasteiger partial charge on any atom is -0.345 e. The Bertz CT molecular complexity index is 404. The first-order valence-electron chi connectivity index (χ1n) is 6.39. The highest BCUT2D eigenvalue weighted by Gasteiger charge is 2.43. The van der Waals surface area contributed by atoms with Crippen LogP contribution < -0.4 is 0 Å². The van der Waals surface area contributed by atoms with Crippen molar-refractivity contribution in [2.45, 2.75) is 25.7 Å². The van der Waals surface area contributed by atoms with Gasteiger partial charge in [0.05, 0.1) is 0 Å². The summed E-state index contributed by atoms with van der Waals surface area (Å²) in [7, 11) is 1.89. The topological polar surface area (TPSA) is 33.2 Å². The molecule has 4 heteroatoms. The zero-order valence-corrected chi connectivity index (χ0v) is 11.7. The lowest BCUT2D eigenvalue weighted by atomic mass is 10.0. The van der Waals surface area contributed by atoms with E-state index in [-0.39, 0.29) is 11.3 Å². The molecule has 1 aliphatic rings. The summed E-state index contributed by atoms with van der Waals surface area (Å²) in [4.78, 5) is 17.9. The molecule has 0 unspecified atom stereocenters. The third kappa shape index (κ3) is 3.48. The van der Waals surface area contributed by atoms with E-state index in [9.17, 15) is 4.79 Å². The van der Waals surface area contributed by atoms with Gasteiger partial charge >= 0.3 is 0 Å². The van der Waals surface area contributed by atoms with E-state index in [0.717, 1.165) is 31.6 Å². The second-order valence-electron chi connectivity index (χ2n) is 5.26. The SMILES string of the molecule is CN(CCc1ccncc1)C(=O)CC1(CS)CC1. The van der Waals surface area contributed by atoms with Crippen molar-refractivity contribution < 1.29 is 4.79 Å². The molecule has 1 amide bonds. The highest BCUT2D eigenvalue weighted by atomic mass is 32.1. The molecule has 2 rings (SSSR count). The lowest BCUT2D eigenvalue weighted by molar-refractivity contribution is -0.131. The van der Waals surface area contributed by atoms with Gasteiger partial charge in [0.2, 0.25) is 5.91 Å². The molecule has 1 heterocycles. The first-order valence-corrected chi connectivity index (χ1v) is 7.02. The quantitative estimate of drug-likeness (QED) is 0.799. The van der Waals surface area contributed by atoms with Crippen LogP contribution in [0.15, 0.2) is 24.5 Å². The van der Waals surface area contributed by atoms with Gasteiger partial charge in [-0.3, -0.25) is 9.78 Å². The molecule has 1 aromatic heterocycles. The molecular formula is C14H20N2OS. The Hall–Kier alpha value is -1.03. The molecule has 0 saturated heterocycles. The Balaban J connectivity index is 1.77. The molecule has 0 bridgehead atoms. The maximum absolute atomic E-state index is 12.1. The lowest BCUT2D eigenvalue weighted by Gasteiger charge is -2.20. The number of likely N-dealkylation sites (N-methyl/N-ethyl adjacent to an activating group) is 1. The normalized spacial score (nSPS) is 16.3. The number of pyridine rings is 1. The third-order valence-electron chi connectivity index (χ3n) is 3.73. The fourth-order valence-corrected chi connectivity index (χ4v) is 2.42. The molecule has 98 valence electrons. The van der Waals surface area contributed by atoms with E-state index < -0.39 is 0 Å². The van der Waals surface area contributed by atoms with Crippen LogP contribution in [0.5, 0.6) is 0 Å². The molecule has 1 fully saturated rings. The van der Waals surface area contributed by atoms with Crippen molar-refractivity contribution in [3.63, 3.8) is 0 Å². The number of thiol groups is 1. The highest BCUT2D eigenvalue weighted by molar-refractivity contribution is 7.80. The second kappa shape index (κ2) is 5.74. The Kier molecular flexibility index (Phi) is 4.27. The van der Waals surface area contributed by atoms with Crippen molar-refractivity contribution in [1.29, 1.82) is 0 Å². The number of hydrogen-bond donors (Lipinski definition) is 1. The van der Waals surface area contributed by atoms with Gasteiger partial charge in [-0.2, -0.15) is 12.6 Å². The van der Waals surface area contributed by atoms with E-state index in [0.29, 0.717) is 6.42 Å². The van der Waals surface area contributed by atoms with E-state index in [1.165, 1.54) is 5.56 Å². The Morgan fingerprint density at radius 2 is 2.11 bits per heavy atom. The van der Waals surface area contributed by atoms with Crippen LogP contribution >= 0.6 is 12.6 Å². The van der Waals surface area contributed by atoms with E-state index >= 15 is 0 Å².